The maximum absolute atomic E-state index is 13.5. The first-order chi connectivity index (χ1) is 9.70. The molecule has 1 aromatic carbocycles. The maximum Gasteiger partial charge on any atom is 0.222 e. The van der Waals surface area contributed by atoms with Crippen molar-refractivity contribution in [3.8, 4) is 0 Å². The molecule has 1 aromatic rings. The Kier molecular flexibility index (Phi) is 5.53. The molecule has 0 bridgehead atoms. The van der Waals surface area contributed by atoms with Gasteiger partial charge in [0.05, 0.1) is 0 Å². The molecular weight excluding hydrogens is 255 g/mol. The molecule has 0 radical (unpaired) electrons. The molecule has 0 spiro atoms. The summed E-state index contributed by atoms with van der Waals surface area (Å²) in [6, 6.07) is 6.98. The van der Waals surface area contributed by atoms with Crippen LogP contribution >= 0.6 is 0 Å². The molecule has 0 N–H and O–H groups in total. The van der Waals surface area contributed by atoms with Gasteiger partial charge in [0.1, 0.15) is 5.82 Å². The van der Waals surface area contributed by atoms with E-state index in [1.165, 1.54) is 6.07 Å². The van der Waals surface area contributed by atoms with Crippen molar-refractivity contribution >= 4 is 5.91 Å². The highest BCUT2D eigenvalue weighted by Gasteiger charge is 2.19. The zero-order chi connectivity index (χ0) is 14.4. The molecule has 1 heterocycles. The van der Waals surface area contributed by atoms with E-state index in [2.05, 4.69) is 4.90 Å². The molecule has 0 saturated carbocycles. The Morgan fingerprint density at radius 3 is 2.55 bits per heavy atom. The van der Waals surface area contributed by atoms with Crippen LogP contribution < -0.4 is 0 Å². The van der Waals surface area contributed by atoms with Gasteiger partial charge < -0.3 is 4.90 Å². The van der Waals surface area contributed by atoms with Crippen LogP contribution in [0.2, 0.25) is 0 Å². The summed E-state index contributed by atoms with van der Waals surface area (Å²) in [5, 5.41) is 0. The zero-order valence-corrected chi connectivity index (χ0v) is 12.1. The number of amides is 1. The number of piperazine rings is 1. The van der Waals surface area contributed by atoms with Crippen LogP contribution in [0.1, 0.15) is 25.3 Å². The van der Waals surface area contributed by atoms with Crippen molar-refractivity contribution < 1.29 is 9.18 Å². The summed E-state index contributed by atoms with van der Waals surface area (Å²) < 4.78 is 13.5. The Bertz CT molecular complexity index is 442. The van der Waals surface area contributed by atoms with Gasteiger partial charge in [-0.1, -0.05) is 25.1 Å². The first kappa shape index (κ1) is 15.0. The minimum Gasteiger partial charge on any atom is -0.340 e. The Hall–Kier alpha value is -1.42. The summed E-state index contributed by atoms with van der Waals surface area (Å²) in [5.41, 5.74) is 0.798. The van der Waals surface area contributed by atoms with E-state index >= 15 is 0 Å². The highest BCUT2D eigenvalue weighted by Crippen LogP contribution is 2.10. The number of hydrogen-bond acceptors (Lipinski definition) is 2. The monoisotopic (exact) mass is 278 g/mol. The number of nitrogens with zero attached hydrogens (tertiary/aromatic N) is 2. The number of carbonyl (C=O) groups excluding carboxylic acids is 1. The van der Waals surface area contributed by atoms with Crippen LogP contribution in [0.25, 0.3) is 0 Å². The van der Waals surface area contributed by atoms with Crippen LogP contribution in [0, 0.1) is 5.82 Å². The van der Waals surface area contributed by atoms with Crippen molar-refractivity contribution in [2.75, 3.05) is 32.7 Å². The Morgan fingerprint density at radius 2 is 1.90 bits per heavy atom. The van der Waals surface area contributed by atoms with Crippen LogP contribution in [0.5, 0.6) is 0 Å². The lowest BCUT2D eigenvalue weighted by Crippen LogP contribution is -2.48. The van der Waals surface area contributed by atoms with Crippen molar-refractivity contribution in [2.24, 2.45) is 0 Å². The van der Waals surface area contributed by atoms with E-state index in [1.807, 2.05) is 24.0 Å². The van der Waals surface area contributed by atoms with Gasteiger partial charge in [0.25, 0.3) is 0 Å². The van der Waals surface area contributed by atoms with Gasteiger partial charge in [0.15, 0.2) is 0 Å². The normalized spacial score (nSPS) is 16.4. The second-order valence-corrected chi connectivity index (χ2v) is 5.27. The van der Waals surface area contributed by atoms with Crippen molar-refractivity contribution in [3.05, 3.63) is 35.6 Å². The number of benzene rings is 1. The fourth-order valence-corrected chi connectivity index (χ4v) is 2.64. The molecule has 1 fully saturated rings. The fraction of sp³-hybridized carbons (Fsp3) is 0.562. The van der Waals surface area contributed by atoms with Crippen molar-refractivity contribution in [1.82, 2.24) is 9.80 Å². The summed E-state index contributed by atoms with van der Waals surface area (Å²) >= 11 is 0. The zero-order valence-electron chi connectivity index (χ0n) is 12.1. The molecule has 0 atom stereocenters. The van der Waals surface area contributed by atoms with Crippen molar-refractivity contribution in [3.63, 3.8) is 0 Å². The summed E-state index contributed by atoms with van der Waals surface area (Å²) in [5.74, 6) is 0.141. The summed E-state index contributed by atoms with van der Waals surface area (Å²) in [4.78, 5) is 15.9. The average molecular weight is 278 g/mol. The highest BCUT2D eigenvalue weighted by molar-refractivity contribution is 5.75. The first-order valence-corrected chi connectivity index (χ1v) is 7.44. The van der Waals surface area contributed by atoms with Gasteiger partial charge in [-0.25, -0.2) is 4.39 Å². The van der Waals surface area contributed by atoms with Crippen LogP contribution in [0.3, 0.4) is 0 Å². The number of aryl methyl sites for hydroxylation is 1. The molecule has 1 amide bonds. The molecule has 4 heteroatoms. The number of rotatable bonds is 5. The topological polar surface area (TPSA) is 23.6 Å². The smallest absolute Gasteiger partial charge is 0.222 e. The summed E-state index contributed by atoms with van der Waals surface area (Å²) in [7, 11) is 0. The number of carbonyl (C=O) groups is 1. The van der Waals surface area contributed by atoms with Gasteiger partial charge in [-0.3, -0.25) is 9.69 Å². The van der Waals surface area contributed by atoms with Crippen molar-refractivity contribution in [2.45, 2.75) is 26.2 Å². The van der Waals surface area contributed by atoms with Gasteiger partial charge in [0, 0.05) is 32.6 Å². The fourth-order valence-electron chi connectivity index (χ4n) is 2.64. The average Bonchev–Trinajstić information content (AvgIpc) is 2.49. The van der Waals surface area contributed by atoms with E-state index in [4.69, 9.17) is 0 Å². The molecule has 0 aromatic heterocycles. The Balaban J connectivity index is 1.69. The predicted octanol–water partition coefficient (Wildman–Crippen LogP) is 2.31. The molecule has 110 valence electrons. The second-order valence-electron chi connectivity index (χ2n) is 5.27. The largest absolute Gasteiger partial charge is 0.340 e. The number of halogens is 1. The van der Waals surface area contributed by atoms with E-state index in [-0.39, 0.29) is 11.7 Å². The van der Waals surface area contributed by atoms with Crippen LogP contribution in [-0.2, 0) is 11.2 Å². The van der Waals surface area contributed by atoms with Gasteiger partial charge >= 0.3 is 0 Å². The molecule has 2 rings (SSSR count). The number of hydrogen-bond donors (Lipinski definition) is 0. The molecule has 0 unspecified atom stereocenters. The van der Waals surface area contributed by atoms with E-state index in [1.54, 1.807) is 6.07 Å². The minimum absolute atomic E-state index is 0.106. The van der Waals surface area contributed by atoms with Crippen molar-refractivity contribution in [1.29, 1.82) is 0 Å². The van der Waals surface area contributed by atoms with Gasteiger partial charge in [0.2, 0.25) is 5.91 Å². The third kappa shape index (κ3) is 4.04. The van der Waals surface area contributed by atoms with Crippen LogP contribution in [-0.4, -0.2) is 48.4 Å². The third-order valence-electron chi connectivity index (χ3n) is 3.91. The van der Waals surface area contributed by atoms with E-state index in [0.29, 0.717) is 6.42 Å². The molecule has 3 nitrogen and oxygen atoms in total. The molecule has 1 aliphatic heterocycles. The maximum atomic E-state index is 13.5. The Labute approximate surface area is 120 Å². The van der Waals surface area contributed by atoms with Crippen LogP contribution in [0.15, 0.2) is 24.3 Å². The third-order valence-corrected chi connectivity index (χ3v) is 3.91. The molecular formula is C16H23FN2O. The lowest BCUT2D eigenvalue weighted by Gasteiger charge is -2.34. The molecule has 1 saturated heterocycles. The molecule has 20 heavy (non-hydrogen) atoms. The first-order valence-electron chi connectivity index (χ1n) is 7.44. The summed E-state index contributed by atoms with van der Waals surface area (Å²) in [6.45, 7) is 6.40. The van der Waals surface area contributed by atoms with Gasteiger partial charge in [-0.05, 0) is 31.0 Å². The van der Waals surface area contributed by atoms with E-state index < -0.39 is 0 Å². The van der Waals surface area contributed by atoms with Gasteiger partial charge in [-0.15, -0.1) is 0 Å². The summed E-state index contributed by atoms with van der Waals surface area (Å²) in [6.07, 6.45) is 2.33. The molecule has 0 aliphatic carbocycles. The highest BCUT2D eigenvalue weighted by atomic mass is 19.1. The van der Waals surface area contributed by atoms with E-state index in [9.17, 15) is 9.18 Å². The SMILES string of the molecule is CCC(=O)N1CCN(CCCc2ccccc2F)CC1. The standard InChI is InChI=1S/C16H23FN2O/c1-2-16(20)19-12-10-18(11-13-19)9-5-7-14-6-3-4-8-15(14)17/h3-4,6,8H,2,5,7,9-13H2,1H3. The second kappa shape index (κ2) is 7.39. The van der Waals surface area contributed by atoms with Gasteiger partial charge in [-0.2, -0.15) is 0 Å². The van der Waals surface area contributed by atoms with Crippen LogP contribution in [0.4, 0.5) is 4.39 Å². The van der Waals surface area contributed by atoms with E-state index in [0.717, 1.165) is 51.1 Å². The quantitative estimate of drug-likeness (QED) is 0.825. The molecule has 1 aliphatic rings. The lowest BCUT2D eigenvalue weighted by atomic mass is 10.1. The Morgan fingerprint density at radius 1 is 1.20 bits per heavy atom. The minimum atomic E-state index is -0.106. The predicted molar refractivity (Wildman–Crippen MR) is 78.0 cm³/mol. The lowest BCUT2D eigenvalue weighted by molar-refractivity contribution is -0.132.